The summed E-state index contributed by atoms with van der Waals surface area (Å²) in [4.78, 5) is 4.19. The zero-order chi connectivity index (χ0) is 16.6. The average Bonchev–Trinajstić information content (AvgIpc) is 2.53. The van der Waals surface area contributed by atoms with Crippen molar-refractivity contribution in [3.8, 4) is 17.2 Å². The lowest BCUT2D eigenvalue weighted by molar-refractivity contribution is 0.200. The fraction of sp³-hybridized carbons (Fsp3) is 0.111. The number of hydrogen-bond acceptors (Lipinski definition) is 3. The van der Waals surface area contributed by atoms with Crippen LogP contribution in [0.1, 0.15) is 24.3 Å². The van der Waals surface area contributed by atoms with Crippen LogP contribution in [0.3, 0.4) is 0 Å². The zero-order valence-electron chi connectivity index (χ0n) is 12.2. The molecule has 114 valence electrons. The number of nitrogens with zero attached hydrogens (tertiary/aromatic N) is 2. The van der Waals surface area contributed by atoms with Crippen LogP contribution in [0.5, 0.6) is 0 Å². The molecule has 1 unspecified atom stereocenters. The van der Waals surface area contributed by atoms with Gasteiger partial charge < -0.3 is 5.11 Å². The van der Waals surface area contributed by atoms with Crippen molar-refractivity contribution in [2.45, 2.75) is 13.0 Å². The van der Waals surface area contributed by atoms with Gasteiger partial charge in [-0.05, 0) is 42.3 Å². The molecular formula is C18H12F2N2O. The SMILES string of the molecule is CC(O)c1cc(F)cc2nc(C#N)c(-c3ccc(F)cc3)cc12. The summed E-state index contributed by atoms with van der Waals surface area (Å²) in [5.74, 6) is -0.910. The van der Waals surface area contributed by atoms with Crippen LogP contribution in [0.25, 0.3) is 22.0 Å². The fourth-order valence-corrected chi connectivity index (χ4v) is 2.55. The molecule has 0 bridgehead atoms. The van der Waals surface area contributed by atoms with Crippen LogP contribution in [0.15, 0.2) is 42.5 Å². The maximum absolute atomic E-state index is 13.7. The number of benzene rings is 2. The Morgan fingerprint density at radius 1 is 1.09 bits per heavy atom. The Labute approximate surface area is 131 Å². The minimum atomic E-state index is -0.885. The second-order valence-electron chi connectivity index (χ2n) is 5.24. The Kier molecular flexibility index (Phi) is 3.77. The van der Waals surface area contributed by atoms with Crippen LogP contribution in [-0.4, -0.2) is 10.1 Å². The van der Waals surface area contributed by atoms with Gasteiger partial charge in [0.05, 0.1) is 11.6 Å². The van der Waals surface area contributed by atoms with Gasteiger partial charge in [-0.25, -0.2) is 13.8 Å². The molecule has 0 spiro atoms. The molecule has 0 saturated heterocycles. The van der Waals surface area contributed by atoms with Crippen LogP contribution in [0.2, 0.25) is 0 Å². The number of nitriles is 1. The van der Waals surface area contributed by atoms with Gasteiger partial charge in [-0.2, -0.15) is 5.26 Å². The molecule has 0 amide bonds. The number of aliphatic hydroxyl groups is 1. The third kappa shape index (κ3) is 2.77. The minimum absolute atomic E-state index is 0.117. The Balaban J connectivity index is 2.34. The number of aromatic nitrogens is 1. The van der Waals surface area contributed by atoms with Crippen molar-refractivity contribution in [1.29, 1.82) is 5.26 Å². The lowest BCUT2D eigenvalue weighted by atomic mass is 9.97. The van der Waals surface area contributed by atoms with Crippen LogP contribution in [0.4, 0.5) is 8.78 Å². The summed E-state index contributed by atoms with van der Waals surface area (Å²) in [6.07, 6.45) is -0.885. The molecule has 0 aliphatic heterocycles. The molecule has 1 aromatic heterocycles. The van der Waals surface area contributed by atoms with E-state index in [0.29, 0.717) is 27.6 Å². The van der Waals surface area contributed by atoms with Crippen molar-refractivity contribution >= 4 is 10.9 Å². The first-order valence-corrected chi connectivity index (χ1v) is 6.98. The topological polar surface area (TPSA) is 56.9 Å². The molecule has 3 nitrogen and oxygen atoms in total. The lowest BCUT2D eigenvalue weighted by Gasteiger charge is -2.12. The smallest absolute Gasteiger partial charge is 0.149 e. The first-order valence-electron chi connectivity index (χ1n) is 6.98. The molecule has 0 saturated carbocycles. The summed E-state index contributed by atoms with van der Waals surface area (Å²) in [7, 11) is 0. The van der Waals surface area contributed by atoms with E-state index in [1.807, 2.05) is 6.07 Å². The van der Waals surface area contributed by atoms with Gasteiger partial charge in [0.2, 0.25) is 0 Å². The van der Waals surface area contributed by atoms with Gasteiger partial charge in [0.15, 0.2) is 0 Å². The largest absolute Gasteiger partial charge is 0.389 e. The van der Waals surface area contributed by atoms with Gasteiger partial charge >= 0.3 is 0 Å². The summed E-state index contributed by atoms with van der Waals surface area (Å²) in [5, 5.41) is 19.7. The Hall–Kier alpha value is -2.84. The molecule has 1 atom stereocenters. The minimum Gasteiger partial charge on any atom is -0.389 e. The highest BCUT2D eigenvalue weighted by atomic mass is 19.1. The molecule has 1 N–H and O–H groups in total. The van der Waals surface area contributed by atoms with E-state index in [2.05, 4.69) is 4.98 Å². The van der Waals surface area contributed by atoms with Crippen LogP contribution < -0.4 is 0 Å². The van der Waals surface area contributed by atoms with Crippen molar-refractivity contribution in [2.24, 2.45) is 0 Å². The number of aliphatic hydroxyl groups excluding tert-OH is 1. The molecule has 1 heterocycles. The van der Waals surface area contributed by atoms with Gasteiger partial charge in [-0.1, -0.05) is 12.1 Å². The Bertz CT molecular complexity index is 928. The molecule has 0 radical (unpaired) electrons. The quantitative estimate of drug-likeness (QED) is 0.775. The number of fused-ring (bicyclic) bond motifs is 1. The van der Waals surface area contributed by atoms with Crippen molar-refractivity contribution in [3.63, 3.8) is 0 Å². The Morgan fingerprint density at radius 3 is 2.39 bits per heavy atom. The summed E-state index contributed by atoms with van der Waals surface area (Å²) < 4.78 is 26.8. The van der Waals surface area contributed by atoms with Crippen molar-refractivity contribution < 1.29 is 13.9 Å². The second kappa shape index (κ2) is 5.75. The van der Waals surface area contributed by atoms with E-state index in [1.165, 1.54) is 31.2 Å². The number of halogens is 2. The zero-order valence-corrected chi connectivity index (χ0v) is 12.2. The van der Waals surface area contributed by atoms with Crippen molar-refractivity contribution in [3.05, 3.63) is 65.4 Å². The highest BCUT2D eigenvalue weighted by Gasteiger charge is 2.15. The highest BCUT2D eigenvalue weighted by molar-refractivity contribution is 5.89. The van der Waals surface area contributed by atoms with Crippen LogP contribution >= 0.6 is 0 Å². The summed E-state index contributed by atoms with van der Waals surface area (Å²) >= 11 is 0. The van der Waals surface area contributed by atoms with E-state index in [4.69, 9.17) is 0 Å². The first-order chi connectivity index (χ1) is 11.0. The number of hydrogen-bond donors (Lipinski definition) is 1. The molecule has 2 aromatic carbocycles. The van der Waals surface area contributed by atoms with Gasteiger partial charge in [-0.15, -0.1) is 0 Å². The number of pyridine rings is 1. The lowest BCUT2D eigenvalue weighted by Crippen LogP contribution is -1.98. The fourth-order valence-electron chi connectivity index (χ4n) is 2.55. The predicted molar refractivity (Wildman–Crippen MR) is 82.4 cm³/mol. The maximum atomic E-state index is 13.7. The van der Waals surface area contributed by atoms with Gasteiger partial charge in [0, 0.05) is 17.0 Å². The summed E-state index contributed by atoms with van der Waals surface area (Å²) in [6.45, 7) is 1.53. The van der Waals surface area contributed by atoms with E-state index in [9.17, 15) is 19.1 Å². The van der Waals surface area contributed by atoms with Gasteiger partial charge in [0.25, 0.3) is 0 Å². The average molecular weight is 310 g/mol. The first kappa shape index (κ1) is 15.1. The van der Waals surface area contributed by atoms with E-state index < -0.39 is 11.9 Å². The molecule has 3 aromatic rings. The third-order valence-corrected chi connectivity index (χ3v) is 3.64. The predicted octanol–water partition coefficient (Wildman–Crippen LogP) is 4.10. The summed E-state index contributed by atoms with van der Waals surface area (Å²) in [5.41, 5.74) is 1.93. The van der Waals surface area contributed by atoms with E-state index in [-0.39, 0.29) is 11.5 Å². The van der Waals surface area contributed by atoms with E-state index in [0.717, 1.165) is 0 Å². The molecule has 23 heavy (non-hydrogen) atoms. The molecule has 5 heteroatoms. The van der Waals surface area contributed by atoms with Crippen LogP contribution in [-0.2, 0) is 0 Å². The molecule has 0 aliphatic carbocycles. The van der Waals surface area contributed by atoms with E-state index >= 15 is 0 Å². The van der Waals surface area contributed by atoms with Crippen molar-refractivity contribution in [1.82, 2.24) is 4.98 Å². The van der Waals surface area contributed by atoms with E-state index in [1.54, 1.807) is 18.2 Å². The molecule has 0 fully saturated rings. The molecular weight excluding hydrogens is 298 g/mol. The highest BCUT2D eigenvalue weighted by Crippen LogP contribution is 2.31. The second-order valence-corrected chi connectivity index (χ2v) is 5.24. The van der Waals surface area contributed by atoms with Crippen LogP contribution in [0, 0.1) is 23.0 Å². The van der Waals surface area contributed by atoms with Gasteiger partial charge in [0.1, 0.15) is 23.4 Å². The Morgan fingerprint density at radius 2 is 1.78 bits per heavy atom. The molecule has 0 aliphatic rings. The normalized spacial score (nSPS) is 12.1. The monoisotopic (exact) mass is 310 g/mol. The van der Waals surface area contributed by atoms with Crippen molar-refractivity contribution in [2.75, 3.05) is 0 Å². The number of rotatable bonds is 2. The van der Waals surface area contributed by atoms with Gasteiger partial charge in [-0.3, -0.25) is 0 Å². The summed E-state index contributed by atoms with van der Waals surface area (Å²) in [6, 6.07) is 11.8. The maximum Gasteiger partial charge on any atom is 0.149 e. The third-order valence-electron chi connectivity index (χ3n) is 3.64. The molecule has 3 rings (SSSR count). The standard InChI is InChI=1S/C18H12F2N2O/c1-10(23)14-6-13(20)7-17-16(14)8-15(18(9-21)22-17)11-2-4-12(19)5-3-11/h2-8,10,23H,1H3.